The van der Waals surface area contributed by atoms with Crippen molar-refractivity contribution in [3.8, 4) is 5.75 Å². The van der Waals surface area contributed by atoms with Crippen molar-refractivity contribution in [3.05, 3.63) is 59.9 Å². The Morgan fingerprint density at radius 2 is 2.10 bits per heavy atom. The Morgan fingerprint density at radius 1 is 1.27 bits per heavy atom. The molecule has 0 spiro atoms. The van der Waals surface area contributed by atoms with Crippen molar-refractivity contribution in [1.82, 2.24) is 15.2 Å². The largest absolute Gasteiger partial charge is 0.487 e. The topological polar surface area (TPSA) is 83.9 Å². The van der Waals surface area contributed by atoms with Crippen molar-refractivity contribution in [2.75, 3.05) is 25.4 Å². The number of nitrogens with one attached hydrogen (secondary N) is 1. The SMILES string of the molecule is CCNC(=NCc1cccc(OCc2ccccn2)c1)N1CCS(=O)(=O)C(C)(C)C1. The van der Waals surface area contributed by atoms with Gasteiger partial charge in [-0.05, 0) is 50.6 Å². The summed E-state index contributed by atoms with van der Waals surface area (Å²) in [7, 11) is -3.09. The second-order valence-corrected chi connectivity index (χ2v) is 10.7. The Labute approximate surface area is 179 Å². The van der Waals surface area contributed by atoms with Gasteiger partial charge in [0, 0.05) is 25.8 Å². The van der Waals surface area contributed by atoms with Gasteiger partial charge in [-0.2, -0.15) is 0 Å². The van der Waals surface area contributed by atoms with Crippen molar-refractivity contribution in [3.63, 3.8) is 0 Å². The molecule has 1 aliphatic rings. The van der Waals surface area contributed by atoms with Crippen LogP contribution < -0.4 is 10.1 Å². The van der Waals surface area contributed by atoms with Gasteiger partial charge in [-0.3, -0.25) is 4.98 Å². The average Bonchev–Trinajstić information content (AvgIpc) is 2.73. The molecule has 1 aliphatic heterocycles. The predicted molar refractivity (Wildman–Crippen MR) is 119 cm³/mol. The molecule has 1 aromatic carbocycles. The molecule has 0 saturated carbocycles. The van der Waals surface area contributed by atoms with Crippen molar-refractivity contribution >= 4 is 15.8 Å². The van der Waals surface area contributed by atoms with Gasteiger partial charge >= 0.3 is 0 Å². The molecule has 1 saturated heterocycles. The second-order valence-electron chi connectivity index (χ2n) is 7.93. The Hall–Kier alpha value is -2.61. The maximum atomic E-state index is 12.3. The summed E-state index contributed by atoms with van der Waals surface area (Å²) in [6, 6.07) is 13.6. The summed E-state index contributed by atoms with van der Waals surface area (Å²) < 4.78 is 29.7. The van der Waals surface area contributed by atoms with Crippen molar-refractivity contribution in [2.45, 2.75) is 38.7 Å². The van der Waals surface area contributed by atoms with Gasteiger partial charge in [-0.1, -0.05) is 18.2 Å². The van der Waals surface area contributed by atoms with Gasteiger partial charge in [-0.15, -0.1) is 0 Å². The molecule has 0 atom stereocenters. The smallest absolute Gasteiger partial charge is 0.194 e. The van der Waals surface area contributed by atoms with E-state index in [0.29, 0.717) is 26.2 Å². The number of benzene rings is 1. The van der Waals surface area contributed by atoms with E-state index in [0.717, 1.165) is 29.5 Å². The van der Waals surface area contributed by atoms with Crippen LogP contribution in [0.1, 0.15) is 32.0 Å². The van der Waals surface area contributed by atoms with Crippen molar-refractivity contribution < 1.29 is 13.2 Å². The molecule has 3 rings (SSSR count). The highest BCUT2D eigenvalue weighted by Gasteiger charge is 2.40. The van der Waals surface area contributed by atoms with E-state index in [4.69, 9.17) is 9.73 Å². The summed E-state index contributed by atoms with van der Waals surface area (Å²) in [5.74, 6) is 1.64. The van der Waals surface area contributed by atoms with E-state index in [2.05, 4.69) is 10.3 Å². The minimum atomic E-state index is -3.09. The lowest BCUT2D eigenvalue weighted by Gasteiger charge is -2.39. The maximum absolute atomic E-state index is 12.3. The van der Waals surface area contributed by atoms with Crippen LogP contribution in [0.4, 0.5) is 0 Å². The van der Waals surface area contributed by atoms with E-state index in [-0.39, 0.29) is 5.75 Å². The fourth-order valence-corrected chi connectivity index (χ4v) is 4.66. The van der Waals surface area contributed by atoms with Crippen LogP contribution in [0.15, 0.2) is 53.7 Å². The molecule has 7 nitrogen and oxygen atoms in total. The molecule has 0 amide bonds. The molecule has 8 heteroatoms. The number of nitrogens with zero attached hydrogens (tertiary/aromatic N) is 3. The molecule has 30 heavy (non-hydrogen) atoms. The van der Waals surface area contributed by atoms with Crippen LogP contribution in [0.25, 0.3) is 0 Å². The van der Waals surface area contributed by atoms with E-state index < -0.39 is 14.6 Å². The third kappa shape index (κ3) is 5.50. The number of rotatable bonds is 6. The van der Waals surface area contributed by atoms with E-state index in [9.17, 15) is 8.42 Å². The molecule has 162 valence electrons. The quantitative estimate of drug-likeness (QED) is 0.560. The van der Waals surface area contributed by atoms with Gasteiger partial charge in [0.15, 0.2) is 15.8 Å². The van der Waals surface area contributed by atoms with Crippen molar-refractivity contribution in [2.24, 2.45) is 4.99 Å². The number of sulfone groups is 1. The number of pyridine rings is 1. The first-order valence-corrected chi connectivity index (χ1v) is 11.8. The van der Waals surface area contributed by atoms with Crippen LogP contribution in [-0.4, -0.2) is 54.4 Å². The maximum Gasteiger partial charge on any atom is 0.194 e. The zero-order valence-electron chi connectivity index (χ0n) is 17.8. The standard InChI is InChI=1S/C22H30N4O3S/c1-4-23-21(26-12-13-30(27,28)22(2,3)17-26)25-15-18-8-7-10-20(14-18)29-16-19-9-5-6-11-24-19/h5-11,14H,4,12-13,15-17H2,1-3H3,(H,23,25). The van der Waals surface area contributed by atoms with E-state index in [1.807, 2.05) is 54.3 Å². The summed E-state index contributed by atoms with van der Waals surface area (Å²) >= 11 is 0. The normalized spacial score (nSPS) is 18.1. The van der Waals surface area contributed by atoms with E-state index >= 15 is 0 Å². The second kappa shape index (κ2) is 9.47. The Kier molecular flexibility index (Phi) is 6.97. The molecule has 0 radical (unpaired) electrons. The van der Waals surface area contributed by atoms with E-state index in [1.165, 1.54) is 0 Å². The van der Waals surface area contributed by atoms with Gasteiger partial charge in [-0.25, -0.2) is 13.4 Å². The lowest BCUT2D eigenvalue weighted by atomic mass is 10.2. The van der Waals surface area contributed by atoms with Crippen molar-refractivity contribution in [1.29, 1.82) is 0 Å². The molecular weight excluding hydrogens is 400 g/mol. The summed E-state index contributed by atoms with van der Waals surface area (Å²) in [6.07, 6.45) is 1.75. The third-order valence-electron chi connectivity index (χ3n) is 5.10. The fourth-order valence-electron chi connectivity index (χ4n) is 3.29. The highest BCUT2D eigenvalue weighted by atomic mass is 32.2. The average molecular weight is 431 g/mol. The molecule has 1 fully saturated rings. The lowest BCUT2D eigenvalue weighted by Crippen LogP contribution is -2.57. The molecule has 1 aromatic heterocycles. The Balaban J connectivity index is 1.67. The molecule has 2 aromatic rings. The Bertz CT molecular complexity index is 975. The zero-order valence-corrected chi connectivity index (χ0v) is 18.7. The molecular formula is C22H30N4O3S. The summed E-state index contributed by atoms with van der Waals surface area (Å²) in [5.41, 5.74) is 1.89. The highest BCUT2D eigenvalue weighted by Crippen LogP contribution is 2.24. The minimum absolute atomic E-state index is 0.140. The van der Waals surface area contributed by atoms with Crippen LogP contribution in [0, 0.1) is 0 Å². The summed E-state index contributed by atoms with van der Waals surface area (Å²) in [6.45, 7) is 8.05. The van der Waals surface area contributed by atoms with Crippen LogP contribution in [0.3, 0.4) is 0 Å². The van der Waals surface area contributed by atoms with Crippen LogP contribution >= 0.6 is 0 Å². The number of hydrogen-bond donors (Lipinski definition) is 1. The number of hydrogen-bond acceptors (Lipinski definition) is 5. The summed E-state index contributed by atoms with van der Waals surface area (Å²) in [4.78, 5) is 11.0. The predicted octanol–water partition coefficient (Wildman–Crippen LogP) is 2.64. The number of aliphatic imine (C=N–C) groups is 1. The van der Waals surface area contributed by atoms with Crippen LogP contribution in [-0.2, 0) is 23.0 Å². The van der Waals surface area contributed by atoms with Gasteiger partial charge in [0.2, 0.25) is 0 Å². The minimum Gasteiger partial charge on any atom is -0.487 e. The Morgan fingerprint density at radius 3 is 2.80 bits per heavy atom. The first-order valence-electron chi connectivity index (χ1n) is 10.2. The van der Waals surface area contributed by atoms with Gasteiger partial charge < -0.3 is 15.0 Å². The number of guanidine groups is 1. The number of ether oxygens (including phenoxy) is 1. The van der Waals surface area contributed by atoms with Gasteiger partial charge in [0.05, 0.1) is 22.7 Å². The lowest BCUT2D eigenvalue weighted by molar-refractivity contribution is 0.301. The first-order chi connectivity index (χ1) is 14.3. The number of aromatic nitrogens is 1. The van der Waals surface area contributed by atoms with Crippen LogP contribution in [0.2, 0.25) is 0 Å². The molecule has 2 heterocycles. The molecule has 0 aliphatic carbocycles. The van der Waals surface area contributed by atoms with Gasteiger partial charge in [0.1, 0.15) is 12.4 Å². The zero-order chi connectivity index (χ0) is 21.6. The molecule has 0 bridgehead atoms. The first kappa shape index (κ1) is 22.1. The van der Waals surface area contributed by atoms with E-state index in [1.54, 1.807) is 20.0 Å². The molecule has 1 N–H and O–H groups in total. The monoisotopic (exact) mass is 430 g/mol. The fraction of sp³-hybridized carbons (Fsp3) is 0.455. The van der Waals surface area contributed by atoms with Gasteiger partial charge in [0.25, 0.3) is 0 Å². The summed E-state index contributed by atoms with van der Waals surface area (Å²) in [5, 5.41) is 3.29. The third-order valence-corrected chi connectivity index (χ3v) is 7.63. The van der Waals surface area contributed by atoms with Crippen LogP contribution in [0.5, 0.6) is 5.75 Å². The highest BCUT2D eigenvalue weighted by molar-refractivity contribution is 7.92. The molecule has 0 unspecified atom stereocenters.